The average molecular weight is 1930 g/mol. The van der Waals surface area contributed by atoms with Gasteiger partial charge >= 0.3 is 0 Å². The predicted molar refractivity (Wildman–Crippen MR) is 357 cm³/mol. The molecular weight excluding hydrogens is 1910 g/mol. The third-order valence-corrected chi connectivity index (χ3v) is 22.2. The number of rotatable bonds is 14. The van der Waals surface area contributed by atoms with Crippen LogP contribution in [0, 0.1) is 243 Å². The van der Waals surface area contributed by atoms with Crippen molar-refractivity contribution < 1.29 is 203 Å². The van der Waals surface area contributed by atoms with Gasteiger partial charge in [0.25, 0.3) is 22.6 Å². The Labute approximate surface area is 680 Å². The first-order valence-corrected chi connectivity index (χ1v) is 35.4. The van der Waals surface area contributed by atoms with Crippen molar-refractivity contribution in [1.29, 1.82) is 0 Å². The third kappa shape index (κ3) is 14.8. The summed E-state index contributed by atoms with van der Waals surface area (Å²) in [5, 5.41) is 0. The Hall–Kier alpha value is -11.9. The fourth-order valence-corrected chi connectivity index (χ4v) is 16.4. The Bertz CT molecular complexity index is 5440. The van der Waals surface area contributed by atoms with Crippen LogP contribution in [0.2, 0.25) is 0 Å². The van der Waals surface area contributed by atoms with Crippen molar-refractivity contribution in [3.8, 4) is 22.6 Å². The van der Waals surface area contributed by atoms with E-state index in [9.17, 15) is 105 Å². The van der Waals surface area contributed by atoms with Crippen molar-refractivity contribution >= 4 is 66.9 Å². The molecule has 124 heavy (non-hydrogen) atoms. The Morgan fingerprint density at radius 3 is 0.565 bits per heavy atom. The summed E-state index contributed by atoms with van der Waals surface area (Å²) in [7, 11) is -0.153. The lowest BCUT2D eigenvalue weighted by atomic mass is 9.12. The lowest BCUT2D eigenvalue weighted by molar-refractivity contribution is -0.326. The van der Waals surface area contributed by atoms with Gasteiger partial charge in [0, 0.05) is 5.56 Å². The highest BCUT2D eigenvalue weighted by molar-refractivity contribution is 7.97. The molecule has 0 saturated heterocycles. The van der Waals surface area contributed by atoms with Gasteiger partial charge in [0.1, 0.15) is 117 Å². The van der Waals surface area contributed by atoms with Gasteiger partial charge in [-0.25, -0.2) is 176 Å². The largest absolute Gasteiger partial charge is 0.457 e. The number of aryl methyl sites for hydroxylation is 1. The molecule has 0 N–H and O–H groups in total. The first-order chi connectivity index (χ1) is 58.1. The van der Waals surface area contributed by atoms with Gasteiger partial charge in [0.05, 0.1) is 10.9 Å². The summed E-state index contributed by atoms with van der Waals surface area (Å²) >= 11 is 2.07. The van der Waals surface area contributed by atoms with E-state index in [4.69, 9.17) is 4.74 Å². The van der Waals surface area contributed by atoms with Gasteiger partial charge in [0.2, 0.25) is 0 Å². The fraction of sp³-hybridized carbons (Fsp3) is 0.0127. The van der Waals surface area contributed by atoms with Crippen LogP contribution in [0.15, 0.2) is 142 Å². The second-order valence-electron chi connectivity index (χ2n) is 25.6. The monoisotopic (exact) mass is 1930 g/mol. The Morgan fingerprint density at radius 1 is 0.202 bits per heavy atom. The van der Waals surface area contributed by atoms with E-state index in [-0.39, 0.29) is 10.9 Å². The molecule has 0 aliphatic carbocycles. The molecule has 13 aromatic carbocycles. The van der Waals surface area contributed by atoms with E-state index in [1.54, 1.807) is 0 Å². The standard InChI is InChI=1S/C31H25IOS.2C24BF20/c1-23-12-21-31(32)30(22-23)24-13-15-25(16-14-24)33-26-17-19-29(20-18-26)34(27-8-4-2-5-9-27)28-10-6-3-7-11-28;2*26-5-1(6(27)14(35)21(42)13(5)34)25(2-7(28)15(36)22(43)16(37)8(2)29,3-9(30)17(38)23(44)18(39)10(3)31)4-11(32)19(40)24(45)20(41)12(4)33/h2-22,32H,1H3;;/q+2;2*-1. The molecule has 0 amide bonds. The molecule has 0 aromatic heterocycles. The molecule has 0 radical (unpaired) electrons. The van der Waals surface area contributed by atoms with Crippen molar-refractivity contribution in [2.24, 2.45) is 0 Å². The number of hydrogen-bond acceptors (Lipinski definition) is 1. The van der Waals surface area contributed by atoms with Gasteiger partial charge in [-0.1, -0.05) is 60.2 Å². The van der Waals surface area contributed by atoms with Crippen LogP contribution >= 0.6 is 0 Å². The highest BCUT2D eigenvalue weighted by atomic mass is 127. The van der Waals surface area contributed by atoms with E-state index < -0.39 is 289 Å². The quantitative estimate of drug-likeness (QED) is 0.0263. The third-order valence-electron chi connectivity index (χ3n) is 19.0. The smallest absolute Gasteiger partial charge is 0.297 e. The second kappa shape index (κ2) is 35.0. The van der Waals surface area contributed by atoms with E-state index in [0.717, 1.165) is 11.5 Å². The molecule has 0 aliphatic heterocycles. The van der Waals surface area contributed by atoms with Gasteiger partial charge < -0.3 is 4.74 Å². The van der Waals surface area contributed by atoms with Crippen LogP contribution < -0.4 is 71.0 Å². The van der Waals surface area contributed by atoms with Crippen LogP contribution in [-0.2, 0) is 10.9 Å². The average Bonchev–Trinajstić information content (AvgIpc) is 0.684. The molecule has 0 saturated carbocycles. The van der Waals surface area contributed by atoms with E-state index >= 15 is 70.2 Å². The minimum absolute atomic E-state index is 0.153. The van der Waals surface area contributed by atoms with Crippen LogP contribution in [0.1, 0.15) is 5.56 Å². The number of halogens is 41. The number of hydrogen-bond donors (Lipinski definition) is 0. The normalized spacial score (nSPS) is 11.7. The van der Waals surface area contributed by atoms with E-state index in [2.05, 4.69) is 145 Å². The van der Waals surface area contributed by atoms with Crippen molar-refractivity contribution in [2.75, 3.05) is 0 Å². The fourth-order valence-electron chi connectivity index (χ4n) is 13.6. The summed E-state index contributed by atoms with van der Waals surface area (Å²) in [6.07, 6.45) is -14.4. The summed E-state index contributed by atoms with van der Waals surface area (Å²) in [6.45, 7) is 2.13. The van der Waals surface area contributed by atoms with Crippen LogP contribution in [0.3, 0.4) is 0 Å². The van der Waals surface area contributed by atoms with Gasteiger partial charge in [-0.3, -0.25) is 0 Å². The molecule has 0 aliphatic rings. The van der Waals surface area contributed by atoms with Gasteiger partial charge in [-0.2, -0.15) is 0 Å². The zero-order valence-corrected chi connectivity index (χ0v) is 62.3. The van der Waals surface area contributed by atoms with Crippen molar-refractivity contribution in [1.82, 2.24) is 0 Å². The molecule has 13 aromatic rings. The summed E-state index contributed by atoms with van der Waals surface area (Å²) in [4.78, 5) is 3.89. The minimum atomic E-state index is -7.22. The zero-order valence-electron chi connectivity index (χ0n) is 59.1. The number of ether oxygens (including phenoxy) is 1. The van der Waals surface area contributed by atoms with Crippen LogP contribution in [0.5, 0.6) is 11.5 Å². The molecule has 0 fully saturated rings. The molecule has 1 nitrogen and oxygen atoms in total. The van der Waals surface area contributed by atoms with E-state index in [0.29, 0.717) is 0 Å². The highest BCUT2D eigenvalue weighted by Crippen LogP contribution is 2.38. The van der Waals surface area contributed by atoms with Crippen molar-refractivity contribution in [3.05, 3.63) is 369 Å². The maximum atomic E-state index is 15.4. The molecular formula is C79H25B2F40IOS. The Balaban J connectivity index is 0.000000183. The summed E-state index contributed by atoms with van der Waals surface area (Å²) in [5.74, 6) is -141. The molecule has 0 spiro atoms. The van der Waals surface area contributed by atoms with Crippen LogP contribution in [-0.4, -0.2) is 12.3 Å². The zero-order chi connectivity index (χ0) is 92.0. The summed E-state index contributed by atoms with van der Waals surface area (Å²) in [5.41, 5.74) is -24.9. The Kier molecular flexibility index (Phi) is 26.2. The Morgan fingerprint density at radius 2 is 0.371 bits per heavy atom. The second-order valence-corrected chi connectivity index (χ2v) is 28.9. The SMILES string of the molecule is Cc1ccc([IH+])c(-c2ccc(Oc3ccc([S+](c4ccccc4)c4ccccc4)cc3)cc2)c1.Fc1c(F)c(F)c([B-](c2c(F)c(F)c(F)c(F)c2F)(c2c(F)c(F)c(F)c(F)c2F)c2c(F)c(F)c(F)c(F)c2F)c(F)c1F.Fc1c(F)c(F)c([B-](c2c(F)c(F)c(F)c(F)c2F)(c2c(F)c(F)c(F)c(F)c2F)c2c(F)c(F)c(F)c(F)c2F)c(F)c1F. The summed E-state index contributed by atoms with van der Waals surface area (Å²) in [6, 6.07) is 44.8. The maximum Gasteiger partial charge on any atom is 0.297 e. The molecule has 646 valence electrons. The lowest BCUT2D eigenvalue weighted by Gasteiger charge is -2.44. The first kappa shape index (κ1) is 92.8. The summed E-state index contributed by atoms with van der Waals surface area (Å²) < 4.78 is 595. The lowest BCUT2D eigenvalue weighted by Crippen LogP contribution is -3.34. The molecule has 0 heterocycles. The van der Waals surface area contributed by atoms with E-state index in [1.807, 2.05) is 12.1 Å². The van der Waals surface area contributed by atoms with Crippen LogP contribution in [0.4, 0.5) is 176 Å². The first-order valence-electron chi connectivity index (χ1n) is 33.0. The molecule has 13 rings (SSSR count). The van der Waals surface area contributed by atoms with Gasteiger partial charge in [-0.05, 0) is 85.3 Å². The van der Waals surface area contributed by atoms with Crippen molar-refractivity contribution in [2.45, 2.75) is 21.6 Å². The molecule has 45 heteroatoms. The number of benzene rings is 13. The molecule has 0 atom stereocenters. The van der Waals surface area contributed by atoms with Gasteiger partial charge in [0.15, 0.2) is 158 Å². The van der Waals surface area contributed by atoms with E-state index in [1.165, 1.54) is 34.9 Å². The van der Waals surface area contributed by atoms with Crippen LogP contribution in [0.25, 0.3) is 11.1 Å². The highest BCUT2D eigenvalue weighted by Gasteiger charge is 2.55. The maximum absolute atomic E-state index is 15.4. The topological polar surface area (TPSA) is 9.23 Å². The van der Waals surface area contributed by atoms with Gasteiger partial charge in [-0.15, -0.1) is 43.7 Å². The molecule has 0 bridgehead atoms. The molecule has 0 unspecified atom stereocenters. The van der Waals surface area contributed by atoms with Crippen molar-refractivity contribution in [3.63, 3.8) is 0 Å². The minimum Gasteiger partial charge on any atom is -0.457 e. The predicted octanol–water partition coefficient (Wildman–Crippen LogP) is 16.7.